The van der Waals surface area contributed by atoms with Gasteiger partial charge in [-0.2, -0.15) is 0 Å². The van der Waals surface area contributed by atoms with Crippen molar-refractivity contribution < 1.29 is 9.59 Å². The van der Waals surface area contributed by atoms with Gasteiger partial charge in [0, 0.05) is 31.4 Å². The van der Waals surface area contributed by atoms with Crippen molar-refractivity contribution in [3.05, 3.63) is 65.2 Å². The van der Waals surface area contributed by atoms with Gasteiger partial charge in [-0.25, -0.2) is 0 Å². The molecule has 0 heterocycles. The van der Waals surface area contributed by atoms with Crippen molar-refractivity contribution in [3.8, 4) is 0 Å². The lowest BCUT2D eigenvalue weighted by Gasteiger charge is -2.23. The highest BCUT2D eigenvalue weighted by atomic mass is 16.2. The minimum atomic E-state index is -0.107. The summed E-state index contributed by atoms with van der Waals surface area (Å²) in [7, 11) is 3.43. The van der Waals surface area contributed by atoms with E-state index in [1.54, 1.807) is 38.4 Å². The third-order valence-corrected chi connectivity index (χ3v) is 4.85. The van der Waals surface area contributed by atoms with Gasteiger partial charge in [0.1, 0.15) is 0 Å². The average molecular weight is 396 g/mol. The van der Waals surface area contributed by atoms with Gasteiger partial charge < -0.3 is 15.5 Å². The van der Waals surface area contributed by atoms with Gasteiger partial charge >= 0.3 is 0 Å². The summed E-state index contributed by atoms with van der Waals surface area (Å²) < 4.78 is 0. The van der Waals surface area contributed by atoms with Gasteiger partial charge in [0.15, 0.2) is 0 Å². The zero-order chi connectivity index (χ0) is 21.4. The van der Waals surface area contributed by atoms with Crippen LogP contribution in [0, 0.1) is 5.92 Å². The highest BCUT2D eigenvalue weighted by Gasteiger charge is 2.17. The third-order valence-electron chi connectivity index (χ3n) is 4.85. The zero-order valence-electron chi connectivity index (χ0n) is 18.2. The fraction of sp³-hybridized carbons (Fsp3) is 0.417. The third kappa shape index (κ3) is 6.71. The molecular formula is C24H33N3O2. The molecule has 0 saturated carbocycles. The lowest BCUT2D eigenvalue weighted by molar-refractivity contribution is -0.115. The molecule has 0 spiro atoms. The van der Waals surface area contributed by atoms with Crippen molar-refractivity contribution >= 4 is 17.5 Å². The van der Waals surface area contributed by atoms with Crippen LogP contribution in [0.4, 0.5) is 5.69 Å². The number of aryl methyl sites for hydroxylation is 1. The first-order valence-corrected chi connectivity index (χ1v) is 10.3. The van der Waals surface area contributed by atoms with Crippen LogP contribution in [0.3, 0.4) is 0 Å². The number of rotatable bonds is 9. The fourth-order valence-electron chi connectivity index (χ4n) is 3.28. The molecule has 0 aromatic heterocycles. The smallest absolute Gasteiger partial charge is 0.253 e. The molecule has 0 bridgehead atoms. The zero-order valence-corrected chi connectivity index (χ0v) is 18.2. The Labute approximate surface area is 174 Å². The van der Waals surface area contributed by atoms with Crippen molar-refractivity contribution in [2.45, 2.75) is 39.7 Å². The van der Waals surface area contributed by atoms with Crippen molar-refractivity contribution in [3.63, 3.8) is 0 Å². The molecule has 0 radical (unpaired) electrons. The molecule has 2 N–H and O–H groups in total. The minimum Gasteiger partial charge on any atom is -0.345 e. The van der Waals surface area contributed by atoms with Crippen LogP contribution in [0.5, 0.6) is 0 Å². The average Bonchev–Trinajstić information content (AvgIpc) is 2.69. The van der Waals surface area contributed by atoms with Crippen molar-refractivity contribution in [1.82, 2.24) is 10.2 Å². The largest absolute Gasteiger partial charge is 0.345 e. The summed E-state index contributed by atoms with van der Waals surface area (Å²) in [4.78, 5) is 25.9. The summed E-state index contributed by atoms with van der Waals surface area (Å²) in [6.45, 7) is 6.70. The van der Waals surface area contributed by atoms with Crippen molar-refractivity contribution in [1.29, 1.82) is 0 Å². The maximum Gasteiger partial charge on any atom is 0.253 e. The Kier molecular flexibility index (Phi) is 8.40. The van der Waals surface area contributed by atoms with Gasteiger partial charge in [0.25, 0.3) is 5.91 Å². The lowest BCUT2D eigenvalue weighted by Crippen LogP contribution is -2.33. The van der Waals surface area contributed by atoms with Gasteiger partial charge in [0.05, 0.1) is 6.54 Å². The molecule has 5 nitrogen and oxygen atoms in total. The van der Waals surface area contributed by atoms with E-state index in [4.69, 9.17) is 0 Å². The standard InChI is InChI=1S/C24H33N3O2/c1-6-7-18-8-10-19(11-9-18)23(17(2)3)25-16-22(28)26-21-14-12-20(13-15-21)24(29)27(4)5/h8-15,17,23,25H,6-7,16H2,1-5H3,(H,26,28)/t23-/m1/s1. The first-order valence-electron chi connectivity index (χ1n) is 10.3. The predicted octanol–water partition coefficient (Wildman–Crippen LogP) is 4.27. The molecular weight excluding hydrogens is 362 g/mol. The highest BCUT2D eigenvalue weighted by Crippen LogP contribution is 2.22. The normalized spacial score (nSPS) is 11.9. The molecule has 2 amide bonds. The van der Waals surface area contributed by atoms with E-state index in [1.807, 2.05) is 0 Å². The SMILES string of the molecule is CCCc1ccc([C@H](NCC(=O)Nc2ccc(C(=O)N(C)C)cc2)C(C)C)cc1. The van der Waals surface area contributed by atoms with Gasteiger partial charge in [-0.05, 0) is 47.7 Å². The lowest BCUT2D eigenvalue weighted by atomic mass is 9.94. The van der Waals surface area contributed by atoms with Gasteiger partial charge in [0.2, 0.25) is 5.91 Å². The number of carbonyl (C=O) groups is 2. The number of nitrogens with one attached hydrogen (secondary N) is 2. The number of carbonyl (C=O) groups excluding carboxylic acids is 2. The van der Waals surface area contributed by atoms with Crippen molar-refractivity contribution in [2.75, 3.05) is 26.0 Å². The van der Waals surface area contributed by atoms with E-state index in [0.29, 0.717) is 17.2 Å². The summed E-state index contributed by atoms with van der Waals surface area (Å²) in [6, 6.07) is 15.7. The second-order valence-electron chi connectivity index (χ2n) is 7.92. The quantitative estimate of drug-likeness (QED) is 0.667. The molecule has 0 saturated heterocycles. The van der Waals surface area contributed by atoms with Crippen LogP contribution in [0.2, 0.25) is 0 Å². The van der Waals surface area contributed by atoms with Crippen LogP contribution in [-0.4, -0.2) is 37.4 Å². The first kappa shape index (κ1) is 22.6. The summed E-state index contributed by atoms with van der Waals surface area (Å²) in [5, 5.41) is 6.26. The molecule has 2 rings (SSSR count). The second kappa shape index (κ2) is 10.8. The van der Waals surface area contributed by atoms with Gasteiger partial charge in [-0.1, -0.05) is 51.5 Å². The van der Waals surface area contributed by atoms with Crippen LogP contribution in [0.1, 0.15) is 54.7 Å². The Balaban J connectivity index is 1.94. The van der Waals surface area contributed by atoms with Crippen LogP contribution in [-0.2, 0) is 11.2 Å². The van der Waals surface area contributed by atoms with Crippen LogP contribution in [0.25, 0.3) is 0 Å². The number of hydrogen-bond acceptors (Lipinski definition) is 3. The highest BCUT2D eigenvalue weighted by molar-refractivity contribution is 5.96. The molecule has 0 aliphatic heterocycles. The summed E-state index contributed by atoms with van der Waals surface area (Å²) in [5.74, 6) is 0.190. The first-order chi connectivity index (χ1) is 13.8. The van der Waals surface area contributed by atoms with Gasteiger partial charge in [-0.3, -0.25) is 9.59 Å². The Morgan fingerprint density at radius 1 is 0.966 bits per heavy atom. The van der Waals surface area contributed by atoms with E-state index in [0.717, 1.165) is 12.8 Å². The van der Waals surface area contributed by atoms with E-state index in [2.05, 4.69) is 55.7 Å². The number of amides is 2. The summed E-state index contributed by atoms with van der Waals surface area (Å²) in [5.41, 5.74) is 3.81. The van der Waals surface area contributed by atoms with Crippen molar-refractivity contribution in [2.24, 2.45) is 5.92 Å². The molecule has 0 aliphatic rings. The molecule has 2 aromatic rings. The van der Waals surface area contributed by atoms with E-state index < -0.39 is 0 Å². The number of nitrogens with zero attached hydrogens (tertiary/aromatic N) is 1. The van der Waals surface area contributed by atoms with Crippen LogP contribution in [0.15, 0.2) is 48.5 Å². The van der Waals surface area contributed by atoms with Crippen LogP contribution >= 0.6 is 0 Å². The Bertz CT molecular complexity index is 796. The topological polar surface area (TPSA) is 61.4 Å². The molecule has 156 valence electrons. The number of hydrogen-bond donors (Lipinski definition) is 2. The van der Waals surface area contributed by atoms with E-state index in [-0.39, 0.29) is 24.4 Å². The molecule has 0 fully saturated rings. The van der Waals surface area contributed by atoms with E-state index >= 15 is 0 Å². The molecule has 0 unspecified atom stereocenters. The Morgan fingerprint density at radius 2 is 1.59 bits per heavy atom. The predicted molar refractivity (Wildman–Crippen MR) is 119 cm³/mol. The van der Waals surface area contributed by atoms with E-state index in [1.165, 1.54) is 16.0 Å². The number of anilines is 1. The molecule has 5 heteroatoms. The van der Waals surface area contributed by atoms with Crippen LogP contribution < -0.4 is 10.6 Å². The fourth-order valence-corrected chi connectivity index (χ4v) is 3.28. The van der Waals surface area contributed by atoms with Gasteiger partial charge in [-0.15, -0.1) is 0 Å². The Hall–Kier alpha value is -2.66. The molecule has 29 heavy (non-hydrogen) atoms. The van der Waals surface area contributed by atoms with E-state index in [9.17, 15) is 9.59 Å². The minimum absolute atomic E-state index is 0.0609. The second-order valence-corrected chi connectivity index (χ2v) is 7.92. The maximum absolute atomic E-state index is 12.4. The molecule has 2 aromatic carbocycles. The summed E-state index contributed by atoms with van der Waals surface area (Å²) >= 11 is 0. The monoisotopic (exact) mass is 395 g/mol. The molecule has 0 aliphatic carbocycles. The Morgan fingerprint density at radius 3 is 2.10 bits per heavy atom. The maximum atomic E-state index is 12.4. The summed E-state index contributed by atoms with van der Waals surface area (Å²) in [6.07, 6.45) is 2.22. The number of benzene rings is 2. The molecule has 1 atom stereocenters.